The maximum absolute atomic E-state index is 11.9. The Morgan fingerprint density at radius 3 is 2.90 bits per heavy atom. The number of ether oxygens (including phenoxy) is 1. The number of hydrogen-bond acceptors (Lipinski definition) is 6. The van der Waals surface area contributed by atoms with Crippen molar-refractivity contribution in [2.45, 2.75) is 6.61 Å². The van der Waals surface area contributed by atoms with Gasteiger partial charge in [-0.1, -0.05) is 5.16 Å². The second kappa shape index (κ2) is 5.93. The number of nitrogens with one attached hydrogen (secondary N) is 1. The minimum atomic E-state index is -1.18. The molecule has 2 heterocycles. The van der Waals surface area contributed by atoms with E-state index >= 15 is 0 Å². The smallest absolute Gasteiger partial charge is 0.354 e. The molecule has 0 radical (unpaired) electrons. The van der Waals surface area contributed by atoms with Gasteiger partial charge in [0.15, 0.2) is 11.5 Å². The number of amides is 1. The van der Waals surface area contributed by atoms with Crippen molar-refractivity contribution in [2.75, 3.05) is 12.4 Å². The molecule has 0 unspecified atom stereocenters. The van der Waals surface area contributed by atoms with Crippen molar-refractivity contribution >= 4 is 17.6 Å². The van der Waals surface area contributed by atoms with Gasteiger partial charge in [-0.3, -0.25) is 4.79 Å². The third kappa shape index (κ3) is 3.18. The molecule has 0 atom stereocenters. The molecule has 20 heavy (non-hydrogen) atoms. The van der Waals surface area contributed by atoms with Gasteiger partial charge in [-0.25, -0.2) is 9.78 Å². The van der Waals surface area contributed by atoms with E-state index in [1.165, 1.54) is 31.5 Å². The molecule has 2 N–H and O–H groups in total. The van der Waals surface area contributed by atoms with Gasteiger partial charge < -0.3 is 19.7 Å². The van der Waals surface area contributed by atoms with Gasteiger partial charge in [-0.05, 0) is 12.1 Å². The summed E-state index contributed by atoms with van der Waals surface area (Å²) >= 11 is 0. The largest absolute Gasteiger partial charge is 0.477 e. The van der Waals surface area contributed by atoms with Crippen LogP contribution in [0.2, 0.25) is 0 Å². The Hall–Kier alpha value is -2.74. The Morgan fingerprint density at radius 2 is 2.20 bits per heavy atom. The summed E-state index contributed by atoms with van der Waals surface area (Å²) in [6.45, 7) is 0.207. The van der Waals surface area contributed by atoms with Crippen LogP contribution in [0.25, 0.3) is 0 Å². The highest BCUT2D eigenvalue weighted by molar-refractivity contribution is 6.03. The van der Waals surface area contributed by atoms with Crippen LogP contribution >= 0.6 is 0 Å². The standard InChI is InChI=1S/C12H11N3O5/c1-19-6-8-5-9(15-20-8)11(16)14-7-2-3-13-10(4-7)12(17)18/h2-5H,6H2,1H3,(H,17,18)(H,13,14,16). The molecular formula is C12H11N3O5. The molecule has 0 aliphatic heterocycles. The van der Waals surface area contributed by atoms with Crippen molar-refractivity contribution in [1.82, 2.24) is 10.1 Å². The van der Waals surface area contributed by atoms with Crippen LogP contribution in [0.5, 0.6) is 0 Å². The van der Waals surface area contributed by atoms with Crippen molar-refractivity contribution < 1.29 is 24.0 Å². The van der Waals surface area contributed by atoms with Crippen LogP contribution in [-0.4, -0.2) is 34.2 Å². The lowest BCUT2D eigenvalue weighted by Gasteiger charge is -2.02. The summed E-state index contributed by atoms with van der Waals surface area (Å²) in [4.78, 5) is 26.3. The van der Waals surface area contributed by atoms with E-state index < -0.39 is 11.9 Å². The number of carboxylic acids is 1. The van der Waals surface area contributed by atoms with Crippen molar-refractivity contribution in [2.24, 2.45) is 0 Å². The van der Waals surface area contributed by atoms with Gasteiger partial charge >= 0.3 is 5.97 Å². The Balaban J connectivity index is 2.10. The number of hydrogen-bond donors (Lipinski definition) is 2. The molecule has 0 saturated heterocycles. The molecule has 2 rings (SSSR count). The summed E-state index contributed by atoms with van der Waals surface area (Å²) in [7, 11) is 1.49. The molecule has 104 valence electrons. The molecule has 8 heteroatoms. The molecule has 1 amide bonds. The highest BCUT2D eigenvalue weighted by atomic mass is 16.5. The third-order valence-corrected chi connectivity index (χ3v) is 2.32. The molecule has 2 aromatic rings. The van der Waals surface area contributed by atoms with Gasteiger partial charge in [0.25, 0.3) is 5.91 Å². The minimum Gasteiger partial charge on any atom is -0.477 e. The Bertz CT molecular complexity index is 638. The normalized spacial score (nSPS) is 10.2. The Morgan fingerprint density at radius 1 is 1.40 bits per heavy atom. The lowest BCUT2D eigenvalue weighted by molar-refractivity contribution is 0.0690. The highest BCUT2D eigenvalue weighted by Gasteiger charge is 2.13. The fourth-order valence-corrected chi connectivity index (χ4v) is 1.45. The van der Waals surface area contributed by atoms with Gasteiger partial charge in [0, 0.05) is 25.1 Å². The predicted octanol–water partition coefficient (Wildman–Crippen LogP) is 1.17. The number of anilines is 1. The van der Waals surface area contributed by atoms with E-state index in [4.69, 9.17) is 14.4 Å². The first kappa shape index (κ1) is 13.7. The second-order valence-corrected chi connectivity index (χ2v) is 3.80. The highest BCUT2D eigenvalue weighted by Crippen LogP contribution is 2.11. The molecule has 8 nitrogen and oxygen atoms in total. The lowest BCUT2D eigenvalue weighted by Crippen LogP contribution is -2.13. The van der Waals surface area contributed by atoms with E-state index in [1.807, 2.05) is 0 Å². The number of aromatic carboxylic acids is 1. The van der Waals surface area contributed by atoms with Crippen LogP contribution < -0.4 is 5.32 Å². The number of carbonyl (C=O) groups excluding carboxylic acids is 1. The number of methoxy groups -OCH3 is 1. The monoisotopic (exact) mass is 277 g/mol. The van der Waals surface area contributed by atoms with Crippen LogP contribution in [0.1, 0.15) is 26.7 Å². The van der Waals surface area contributed by atoms with Crippen molar-refractivity contribution in [3.05, 3.63) is 41.5 Å². The zero-order valence-corrected chi connectivity index (χ0v) is 10.5. The average molecular weight is 277 g/mol. The van der Waals surface area contributed by atoms with E-state index in [2.05, 4.69) is 15.5 Å². The van der Waals surface area contributed by atoms with E-state index in [0.717, 1.165) is 0 Å². The van der Waals surface area contributed by atoms with Gasteiger partial charge in [0.1, 0.15) is 12.3 Å². The zero-order chi connectivity index (χ0) is 14.5. The third-order valence-electron chi connectivity index (χ3n) is 2.32. The fourth-order valence-electron chi connectivity index (χ4n) is 1.45. The fraction of sp³-hybridized carbons (Fsp3) is 0.167. The van der Waals surface area contributed by atoms with Gasteiger partial charge in [0.05, 0.1) is 0 Å². The zero-order valence-electron chi connectivity index (χ0n) is 10.5. The first-order valence-corrected chi connectivity index (χ1v) is 5.55. The average Bonchev–Trinajstić information content (AvgIpc) is 2.88. The molecule has 0 saturated carbocycles. The van der Waals surface area contributed by atoms with Gasteiger partial charge in [-0.15, -0.1) is 0 Å². The quantitative estimate of drug-likeness (QED) is 0.842. The summed E-state index contributed by atoms with van der Waals surface area (Å²) < 4.78 is 9.73. The van der Waals surface area contributed by atoms with E-state index in [1.54, 1.807) is 0 Å². The molecule has 2 aromatic heterocycles. The lowest BCUT2D eigenvalue weighted by atomic mass is 10.3. The van der Waals surface area contributed by atoms with E-state index in [9.17, 15) is 9.59 Å². The number of nitrogens with zero attached hydrogens (tertiary/aromatic N) is 2. The first-order valence-electron chi connectivity index (χ1n) is 5.55. The molecule has 0 spiro atoms. The second-order valence-electron chi connectivity index (χ2n) is 3.80. The Kier molecular flexibility index (Phi) is 4.06. The maximum atomic E-state index is 11.9. The summed E-state index contributed by atoms with van der Waals surface area (Å²) in [5.74, 6) is -1.28. The molecule has 0 bridgehead atoms. The molecular weight excluding hydrogens is 266 g/mol. The van der Waals surface area contributed by atoms with E-state index in [0.29, 0.717) is 11.4 Å². The van der Waals surface area contributed by atoms with Crippen molar-refractivity contribution in [1.29, 1.82) is 0 Å². The summed E-state index contributed by atoms with van der Waals surface area (Å²) in [5, 5.41) is 14.9. The molecule has 0 aliphatic carbocycles. The van der Waals surface area contributed by atoms with Crippen LogP contribution in [0.15, 0.2) is 28.9 Å². The predicted molar refractivity (Wildman–Crippen MR) is 66.4 cm³/mol. The number of carbonyl (C=O) groups is 2. The van der Waals surface area contributed by atoms with E-state index in [-0.39, 0.29) is 18.0 Å². The minimum absolute atomic E-state index is 0.0748. The Labute approximate surface area is 113 Å². The number of pyridine rings is 1. The van der Waals surface area contributed by atoms with Crippen LogP contribution in [0, 0.1) is 0 Å². The van der Waals surface area contributed by atoms with Gasteiger partial charge in [-0.2, -0.15) is 0 Å². The van der Waals surface area contributed by atoms with Crippen LogP contribution in [0.4, 0.5) is 5.69 Å². The summed E-state index contributed by atoms with van der Waals surface area (Å²) in [5.41, 5.74) is 0.215. The van der Waals surface area contributed by atoms with Crippen LogP contribution in [0.3, 0.4) is 0 Å². The summed E-state index contributed by atoms with van der Waals surface area (Å²) in [6, 6.07) is 4.16. The van der Waals surface area contributed by atoms with Crippen LogP contribution in [-0.2, 0) is 11.3 Å². The topological polar surface area (TPSA) is 115 Å². The summed E-state index contributed by atoms with van der Waals surface area (Å²) in [6.07, 6.45) is 1.29. The first-order chi connectivity index (χ1) is 9.60. The van der Waals surface area contributed by atoms with Gasteiger partial charge in [0.2, 0.25) is 0 Å². The van der Waals surface area contributed by atoms with Crippen molar-refractivity contribution in [3.63, 3.8) is 0 Å². The maximum Gasteiger partial charge on any atom is 0.354 e. The molecule has 0 aromatic carbocycles. The molecule has 0 fully saturated rings. The molecule has 0 aliphatic rings. The number of rotatable bonds is 5. The SMILES string of the molecule is COCc1cc(C(=O)Nc2ccnc(C(=O)O)c2)no1. The number of carboxylic acid groups (broad SMARTS) is 1. The van der Waals surface area contributed by atoms with Crippen molar-refractivity contribution in [3.8, 4) is 0 Å². The number of aromatic nitrogens is 2.